The van der Waals surface area contributed by atoms with Crippen molar-refractivity contribution in [1.82, 2.24) is 4.98 Å². The number of aromatic amines is 1. The Kier molecular flexibility index (Phi) is 4.42. The van der Waals surface area contributed by atoms with Crippen molar-refractivity contribution in [2.75, 3.05) is 5.32 Å². The number of allylic oxidation sites excluding steroid dienone is 1. The fraction of sp³-hybridized carbons (Fsp3) is 0.333. The molecule has 1 aromatic heterocycles. The zero-order valence-electron chi connectivity index (χ0n) is 14.2. The fourth-order valence-electron chi connectivity index (χ4n) is 3.50. The molecule has 0 saturated heterocycles. The van der Waals surface area contributed by atoms with E-state index in [1.54, 1.807) is 0 Å². The van der Waals surface area contributed by atoms with Crippen LogP contribution in [0.25, 0.3) is 11.3 Å². The molecule has 2 aromatic rings. The van der Waals surface area contributed by atoms with Gasteiger partial charge in [-0.3, -0.25) is 0 Å². The third-order valence-corrected chi connectivity index (χ3v) is 4.58. The first-order valence-corrected chi connectivity index (χ1v) is 8.52. The molecule has 120 valence electrons. The van der Waals surface area contributed by atoms with Crippen molar-refractivity contribution >= 4 is 17.0 Å². The fourth-order valence-corrected chi connectivity index (χ4v) is 3.50. The largest absolute Gasteiger partial charge is 0.364 e. The van der Waals surface area contributed by atoms with E-state index in [2.05, 4.69) is 67.8 Å². The monoisotopic (exact) mass is 306 g/mol. The zero-order chi connectivity index (χ0) is 16.4. The molecule has 2 heteroatoms. The maximum absolute atomic E-state index is 4.27. The molecule has 0 radical (unpaired) electrons. The van der Waals surface area contributed by atoms with Crippen LogP contribution in [0.4, 0.5) is 5.69 Å². The first-order chi connectivity index (χ1) is 11.1. The first kappa shape index (κ1) is 15.7. The average molecular weight is 306 g/mol. The summed E-state index contributed by atoms with van der Waals surface area (Å²) >= 11 is 0. The van der Waals surface area contributed by atoms with Gasteiger partial charge >= 0.3 is 0 Å². The van der Waals surface area contributed by atoms with E-state index in [-0.39, 0.29) is 0 Å². The quantitative estimate of drug-likeness (QED) is 0.734. The van der Waals surface area contributed by atoms with Crippen LogP contribution in [-0.4, -0.2) is 4.98 Å². The normalized spacial score (nSPS) is 17.0. The molecule has 1 aliphatic carbocycles. The number of nitrogens with one attached hydrogen (secondary N) is 2. The molecule has 0 aliphatic heterocycles. The lowest BCUT2D eigenvalue weighted by Gasteiger charge is -2.22. The Morgan fingerprint density at radius 1 is 1.26 bits per heavy atom. The molecule has 2 nitrogen and oxygen atoms in total. The highest BCUT2D eigenvalue weighted by Crippen LogP contribution is 2.37. The van der Waals surface area contributed by atoms with E-state index in [1.807, 2.05) is 0 Å². The van der Waals surface area contributed by atoms with Crippen LogP contribution >= 0.6 is 0 Å². The number of benzene rings is 1. The number of hydrogen-bond acceptors (Lipinski definition) is 1. The Morgan fingerprint density at radius 2 is 2.00 bits per heavy atom. The van der Waals surface area contributed by atoms with Gasteiger partial charge in [-0.05, 0) is 48.4 Å². The summed E-state index contributed by atoms with van der Waals surface area (Å²) in [6.07, 6.45) is 6.53. The third kappa shape index (κ3) is 3.26. The predicted octanol–water partition coefficient (Wildman–Crippen LogP) is 5.65. The second kappa shape index (κ2) is 6.49. The Hall–Kier alpha value is -2.22. The van der Waals surface area contributed by atoms with Crippen LogP contribution in [0.1, 0.15) is 49.1 Å². The van der Waals surface area contributed by atoms with E-state index in [0.717, 1.165) is 36.2 Å². The average Bonchev–Trinajstić information content (AvgIpc) is 2.93. The Labute approximate surface area is 139 Å². The molecule has 1 aromatic carbocycles. The summed E-state index contributed by atoms with van der Waals surface area (Å²) in [5, 5.41) is 3.44. The van der Waals surface area contributed by atoms with Crippen molar-refractivity contribution < 1.29 is 0 Å². The first-order valence-electron chi connectivity index (χ1n) is 8.52. The smallest absolute Gasteiger partial charge is 0.0406 e. The lowest BCUT2D eigenvalue weighted by Crippen LogP contribution is -2.10. The number of rotatable bonds is 5. The van der Waals surface area contributed by atoms with Gasteiger partial charge in [-0.25, -0.2) is 0 Å². The topological polar surface area (TPSA) is 27.8 Å². The van der Waals surface area contributed by atoms with Gasteiger partial charge in [-0.15, -0.1) is 0 Å². The Morgan fingerprint density at radius 3 is 2.70 bits per heavy atom. The van der Waals surface area contributed by atoms with Crippen LogP contribution < -0.4 is 5.32 Å². The number of H-pyrrole nitrogens is 1. The molecule has 0 amide bonds. The summed E-state index contributed by atoms with van der Waals surface area (Å²) in [6, 6.07) is 8.64. The van der Waals surface area contributed by atoms with Crippen LogP contribution in [0, 0.1) is 5.92 Å². The van der Waals surface area contributed by atoms with Crippen LogP contribution in [0.15, 0.2) is 43.6 Å². The van der Waals surface area contributed by atoms with Gasteiger partial charge in [0.15, 0.2) is 0 Å². The van der Waals surface area contributed by atoms with Gasteiger partial charge in [-0.2, -0.15) is 0 Å². The van der Waals surface area contributed by atoms with Gasteiger partial charge in [0.05, 0.1) is 0 Å². The van der Waals surface area contributed by atoms with Crippen LogP contribution in [0.5, 0.6) is 0 Å². The lowest BCUT2D eigenvalue weighted by atomic mass is 9.84. The third-order valence-electron chi connectivity index (χ3n) is 4.58. The minimum Gasteiger partial charge on any atom is -0.364 e. The minimum absolute atomic E-state index is 0.661. The van der Waals surface area contributed by atoms with Crippen LogP contribution in [0.3, 0.4) is 0 Å². The standard InChI is InChI=1S/C21H26N2/c1-5-6-17-7-9-18(10-8-17)23-16(4)19-13-22-20-12-14(2)11-15(3)21(19)20/h7-10,13-14,22-23H,3-6,11-12H2,1-2H3. The summed E-state index contributed by atoms with van der Waals surface area (Å²) in [5.74, 6) is 0.661. The van der Waals surface area contributed by atoms with E-state index in [0.29, 0.717) is 5.92 Å². The van der Waals surface area contributed by atoms with Crippen molar-refractivity contribution in [1.29, 1.82) is 0 Å². The molecule has 1 aliphatic rings. The molecule has 0 saturated carbocycles. The zero-order valence-corrected chi connectivity index (χ0v) is 14.2. The Bertz CT molecular complexity index is 719. The maximum Gasteiger partial charge on any atom is 0.0406 e. The molecule has 0 bridgehead atoms. The molecule has 1 unspecified atom stereocenters. The van der Waals surface area contributed by atoms with E-state index >= 15 is 0 Å². The minimum atomic E-state index is 0.661. The summed E-state index contributed by atoms with van der Waals surface area (Å²) in [4.78, 5) is 3.42. The predicted molar refractivity (Wildman–Crippen MR) is 100 cm³/mol. The van der Waals surface area contributed by atoms with Gasteiger partial charge in [0, 0.05) is 34.4 Å². The molecule has 3 rings (SSSR count). The van der Waals surface area contributed by atoms with E-state index in [9.17, 15) is 0 Å². The molecule has 1 atom stereocenters. The second-order valence-corrected chi connectivity index (χ2v) is 6.72. The van der Waals surface area contributed by atoms with Crippen molar-refractivity contribution in [3.05, 3.63) is 66.0 Å². The highest BCUT2D eigenvalue weighted by atomic mass is 14.9. The van der Waals surface area contributed by atoms with Gasteiger partial charge in [0.1, 0.15) is 0 Å². The summed E-state index contributed by atoms with van der Waals surface area (Å²) in [6.45, 7) is 13.0. The second-order valence-electron chi connectivity index (χ2n) is 6.72. The lowest BCUT2D eigenvalue weighted by molar-refractivity contribution is 0.574. The number of aryl methyl sites for hydroxylation is 1. The van der Waals surface area contributed by atoms with Gasteiger partial charge < -0.3 is 10.3 Å². The van der Waals surface area contributed by atoms with Crippen LogP contribution in [-0.2, 0) is 12.8 Å². The van der Waals surface area contributed by atoms with Crippen molar-refractivity contribution in [3.8, 4) is 0 Å². The molecular formula is C21H26N2. The van der Waals surface area contributed by atoms with Crippen molar-refractivity contribution in [2.24, 2.45) is 5.92 Å². The molecule has 23 heavy (non-hydrogen) atoms. The maximum atomic E-state index is 4.27. The number of aromatic nitrogens is 1. The van der Waals surface area contributed by atoms with Gasteiger partial charge in [0.25, 0.3) is 0 Å². The highest BCUT2D eigenvalue weighted by molar-refractivity contribution is 5.85. The number of fused-ring (bicyclic) bond motifs is 1. The summed E-state index contributed by atoms with van der Waals surface area (Å²) < 4.78 is 0. The molecule has 0 spiro atoms. The molecular weight excluding hydrogens is 280 g/mol. The highest BCUT2D eigenvalue weighted by Gasteiger charge is 2.23. The van der Waals surface area contributed by atoms with Gasteiger partial charge in [-0.1, -0.05) is 45.6 Å². The summed E-state index contributed by atoms with van der Waals surface area (Å²) in [5.41, 5.74) is 8.32. The molecule has 1 heterocycles. The number of anilines is 1. The van der Waals surface area contributed by atoms with Crippen LogP contribution in [0.2, 0.25) is 0 Å². The number of hydrogen-bond donors (Lipinski definition) is 2. The van der Waals surface area contributed by atoms with Crippen molar-refractivity contribution in [2.45, 2.75) is 39.5 Å². The Balaban J connectivity index is 1.78. The van der Waals surface area contributed by atoms with E-state index < -0.39 is 0 Å². The van der Waals surface area contributed by atoms with Crippen molar-refractivity contribution in [3.63, 3.8) is 0 Å². The summed E-state index contributed by atoms with van der Waals surface area (Å²) in [7, 11) is 0. The molecule has 0 fully saturated rings. The molecule has 2 N–H and O–H groups in total. The van der Waals surface area contributed by atoms with Gasteiger partial charge in [0.2, 0.25) is 0 Å². The van der Waals surface area contributed by atoms with E-state index in [4.69, 9.17) is 0 Å². The SMILES string of the molecule is C=C(Nc1ccc(CCC)cc1)c1c[nH]c2c1C(=C)CC(C)C2. The van der Waals surface area contributed by atoms with E-state index in [1.165, 1.54) is 28.8 Å².